The van der Waals surface area contributed by atoms with Crippen molar-refractivity contribution in [3.05, 3.63) is 29.8 Å². The molecule has 1 aliphatic rings. The second-order valence-electron chi connectivity index (χ2n) is 6.63. The summed E-state index contributed by atoms with van der Waals surface area (Å²) in [6, 6.07) is 8.58. The lowest BCUT2D eigenvalue weighted by atomic mass is 10.2. The largest absolute Gasteiger partial charge is 0.497 e. The van der Waals surface area contributed by atoms with Crippen molar-refractivity contribution in [2.24, 2.45) is 0 Å². The molecule has 6 nitrogen and oxygen atoms in total. The van der Waals surface area contributed by atoms with E-state index in [1.54, 1.807) is 7.11 Å². The molecule has 132 valence electrons. The highest BCUT2D eigenvalue weighted by molar-refractivity contribution is 5.85. The average molecular weight is 334 g/mol. The lowest BCUT2D eigenvalue weighted by Crippen LogP contribution is -3.13. The lowest BCUT2D eigenvalue weighted by Gasteiger charge is -2.19. The third kappa shape index (κ3) is 6.20. The Morgan fingerprint density at radius 1 is 1.21 bits per heavy atom. The van der Waals surface area contributed by atoms with Crippen molar-refractivity contribution < 1.29 is 19.2 Å². The molecule has 0 bridgehead atoms. The van der Waals surface area contributed by atoms with Gasteiger partial charge in [-0.05, 0) is 38.1 Å². The zero-order valence-corrected chi connectivity index (χ0v) is 14.7. The van der Waals surface area contributed by atoms with Crippen LogP contribution >= 0.6 is 0 Å². The number of hydrogen-bond acceptors (Lipinski definition) is 3. The van der Waals surface area contributed by atoms with E-state index in [-0.39, 0.29) is 24.4 Å². The molecule has 1 aromatic carbocycles. The van der Waals surface area contributed by atoms with Gasteiger partial charge < -0.3 is 20.3 Å². The molecular formula is C18H28N3O3+. The van der Waals surface area contributed by atoms with Crippen molar-refractivity contribution in [2.45, 2.75) is 45.3 Å². The Morgan fingerprint density at radius 2 is 1.88 bits per heavy atom. The SMILES string of the molecule is COc1ccc(C[NH+](CC(=O)NCC(=O)NC(C)C)C2CC2)cc1. The summed E-state index contributed by atoms with van der Waals surface area (Å²) in [6.45, 7) is 5.03. The lowest BCUT2D eigenvalue weighted by molar-refractivity contribution is -0.917. The first-order chi connectivity index (χ1) is 11.5. The Labute approximate surface area is 143 Å². The number of hydrogen-bond donors (Lipinski definition) is 3. The Bertz CT molecular complexity index is 553. The van der Waals surface area contributed by atoms with Crippen LogP contribution in [0.25, 0.3) is 0 Å². The number of carbonyl (C=O) groups is 2. The van der Waals surface area contributed by atoms with Gasteiger partial charge in [-0.15, -0.1) is 0 Å². The van der Waals surface area contributed by atoms with Crippen LogP contribution in [0.1, 0.15) is 32.3 Å². The van der Waals surface area contributed by atoms with Gasteiger partial charge in [0.2, 0.25) is 5.91 Å². The third-order valence-electron chi connectivity index (χ3n) is 4.03. The molecule has 3 N–H and O–H groups in total. The minimum Gasteiger partial charge on any atom is -0.497 e. The first-order valence-electron chi connectivity index (χ1n) is 8.51. The van der Waals surface area contributed by atoms with Crippen LogP contribution in [0.2, 0.25) is 0 Å². The van der Waals surface area contributed by atoms with Gasteiger partial charge in [-0.2, -0.15) is 0 Å². The molecule has 1 atom stereocenters. The number of carbonyl (C=O) groups excluding carboxylic acids is 2. The molecule has 0 radical (unpaired) electrons. The summed E-state index contributed by atoms with van der Waals surface area (Å²) in [5.41, 5.74) is 1.18. The Kier molecular flexibility index (Phi) is 6.61. The fourth-order valence-electron chi connectivity index (χ4n) is 2.67. The summed E-state index contributed by atoms with van der Waals surface area (Å²) in [4.78, 5) is 25.0. The maximum absolute atomic E-state index is 12.1. The molecule has 1 aromatic rings. The van der Waals surface area contributed by atoms with E-state index in [9.17, 15) is 9.59 Å². The number of ether oxygens (including phenoxy) is 1. The molecule has 6 heteroatoms. The van der Waals surface area contributed by atoms with E-state index in [4.69, 9.17) is 4.74 Å². The molecule has 0 aliphatic heterocycles. The Morgan fingerprint density at radius 3 is 2.42 bits per heavy atom. The maximum atomic E-state index is 12.1. The molecule has 1 saturated carbocycles. The quantitative estimate of drug-likeness (QED) is 0.590. The van der Waals surface area contributed by atoms with E-state index in [1.165, 1.54) is 10.5 Å². The van der Waals surface area contributed by atoms with Gasteiger partial charge in [0.05, 0.1) is 19.7 Å². The number of quaternary nitrogens is 1. The van der Waals surface area contributed by atoms with E-state index in [1.807, 2.05) is 38.1 Å². The highest BCUT2D eigenvalue weighted by Gasteiger charge is 2.34. The van der Waals surface area contributed by atoms with E-state index in [2.05, 4.69) is 10.6 Å². The molecule has 1 unspecified atom stereocenters. The summed E-state index contributed by atoms with van der Waals surface area (Å²) in [7, 11) is 1.65. The fourth-order valence-corrected chi connectivity index (χ4v) is 2.67. The Hall–Kier alpha value is -2.08. The molecule has 0 saturated heterocycles. The normalized spacial score (nSPS) is 15.0. The number of methoxy groups -OCH3 is 1. The van der Waals surface area contributed by atoms with Crippen molar-refractivity contribution in [3.8, 4) is 5.75 Å². The molecule has 0 heterocycles. The molecule has 1 aliphatic carbocycles. The minimum atomic E-state index is -0.151. The molecule has 2 amide bonds. The molecule has 1 fully saturated rings. The molecule has 0 aromatic heterocycles. The zero-order valence-electron chi connectivity index (χ0n) is 14.7. The van der Waals surface area contributed by atoms with E-state index in [0.29, 0.717) is 12.6 Å². The first-order valence-corrected chi connectivity index (χ1v) is 8.51. The van der Waals surface area contributed by atoms with Gasteiger partial charge >= 0.3 is 0 Å². The summed E-state index contributed by atoms with van der Waals surface area (Å²) >= 11 is 0. The van der Waals surface area contributed by atoms with Gasteiger partial charge in [0.25, 0.3) is 5.91 Å². The number of amides is 2. The molecule has 24 heavy (non-hydrogen) atoms. The highest BCUT2D eigenvalue weighted by Crippen LogP contribution is 2.16. The van der Waals surface area contributed by atoms with Gasteiger partial charge in [0, 0.05) is 24.4 Å². The molecule has 0 spiro atoms. The minimum absolute atomic E-state index is 0.0392. The van der Waals surface area contributed by atoms with Crippen LogP contribution in [0.3, 0.4) is 0 Å². The maximum Gasteiger partial charge on any atom is 0.275 e. The second-order valence-corrected chi connectivity index (χ2v) is 6.63. The topological polar surface area (TPSA) is 71.9 Å². The van der Waals surface area contributed by atoms with Crippen LogP contribution in [0.15, 0.2) is 24.3 Å². The average Bonchev–Trinajstić information content (AvgIpc) is 3.37. The predicted octanol–water partition coefficient (Wildman–Crippen LogP) is -0.117. The first kappa shape index (κ1) is 18.3. The van der Waals surface area contributed by atoms with Crippen molar-refractivity contribution in [2.75, 3.05) is 20.2 Å². The number of rotatable bonds is 9. The van der Waals surface area contributed by atoms with Crippen molar-refractivity contribution >= 4 is 11.8 Å². The van der Waals surface area contributed by atoms with Gasteiger partial charge in [-0.3, -0.25) is 9.59 Å². The van der Waals surface area contributed by atoms with Crippen LogP contribution < -0.4 is 20.3 Å². The fraction of sp³-hybridized carbons (Fsp3) is 0.556. The molecule has 2 rings (SSSR count). The summed E-state index contributed by atoms with van der Waals surface area (Å²) in [5.74, 6) is 0.603. The van der Waals surface area contributed by atoms with Gasteiger partial charge in [-0.25, -0.2) is 0 Å². The number of nitrogens with one attached hydrogen (secondary N) is 3. The zero-order chi connectivity index (χ0) is 17.5. The van der Waals surface area contributed by atoms with Crippen LogP contribution in [-0.4, -0.2) is 44.1 Å². The number of benzene rings is 1. The second kappa shape index (κ2) is 8.68. The van der Waals surface area contributed by atoms with E-state index >= 15 is 0 Å². The van der Waals surface area contributed by atoms with Crippen molar-refractivity contribution in [3.63, 3.8) is 0 Å². The van der Waals surface area contributed by atoms with E-state index in [0.717, 1.165) is 25.1 Å². The van der Waals surface area contributed by atoms with Gasteiger partial charge in [0.1, 0.15) is 12.3 Å². The van der Waals surface area contributed by atoms with Gasteiger partial charge in [0.15, 0.2) is 6.54 Å². The van der Waals surface area contributed by atoms with E-state index < -0.39 is 0 Å². The summed E-state index contributed by atoms with van der Waals surface area (Å²) in [5, 5.41) is 5.48. The van der Waals surface area contributed by atoms with Crippen LogP contribution in [0, 0.1) is 0 Å². The predicted molar refractivity (Wildman–Crippen MR) is 91.8 cm³/mol. The monoisotopic (exact) mass is 334 g/mol. The highest BCUT2D eigenvalue weighted by atomic mass is 16.5. The summed E-state index contributed by atoms with van der Waals surface area (Å²) < 4.78 is 5.17. The van der Waals surface area contributed by atoms with Crippen LogP contribution in [0.5, 0.6) is 5.75 Å². The third-order valence-corrected chi connectivity index (χ3v) is 4.03. The summed E-state index contributed by atoms with van der Waals surface area (Å²) in [6.07, 6.45) is 2.32. The Balaban J connectivity index is 1.82. The van der Waals surface area contributed by atoms with Crippen molar-refractivity contribution in [1.29, 1.82) is 0 Å². The van der Waals surface area contributed by atoms with Gasteiger partial charge in [-0.1, -0.05) is 0 Å². The smallest absolute Gasteiger partial charge is 0.275 e. The van der Waals surface area contributed by atoms with Crippen LogP contribution in [0.4, 0.5) is 0 Å². The standard InChI is InChI=1S/C18H27N3O3/c1-13(2)20-17(22)10-19-18(23)12-21(15-6-7-15)11-14-4-8-16(24-3)9-5-14/h4-5,8-9,13,15H,6-7,10-12H2,1-3H3,(H,19,23)(H,20,22)/p+1. The van der Waals surface area contributed by atoms with Crippen LogP contribution in [-0.2, 0) is 16.1 Å². The van der Waals surface area contributed by atoms with Crippen molar-refractivity contribution in [1.82, 2.24) is 10.6 Å². The molecular weight excluding hydrogens is 306 g/mol.